The van der Waals surface area contributed by atoms with Crippen LogP contribution in [-0.4, -0.2) is 95.7 Å². The summed E-state index contributed by atoms with van der Waals surface area (Å²) in [5.74, 6) is 2.86. The van der Waals surface area contributed by atoms with E-state index < -0.39 is 18.2 Å². The number of benzene rings is 3. The van der Waals surface area contributed by atoms with Gasteiger partial charge in [0.25, 0.3) is 0 Å². The van der Waals surface area contributed by atoms with Crippen molar-refractivity contribution in [3.63, 3.8) is 0 Å². The van der Waals surface area contributed by atoms with Crippen molar-refractivity contribution in [1.29, 1.82) is 0 Å². The van der Waals surface area contributed by atoms with Crippen LogP contribution < -0.4 is 20.7 Å². The molecule has 2 aliphatic heterocycles. The number of hydrazine groups is 1. The van der Waals surface area contributed by atoms with Crippen LogP contribution in [0.3, 0.4) is 0 Å². The van der Waals surface area contributed by atoms with E-state index in [1.54, 1.807) is 21.9 Å². The number of fused-ring (bicyclic) bond motifs is 2. The zero-order valence-corrected chi connectivity index (χ0v) is 27.9. The monoisotopic (exact) mass is 666 g/mol. The van der Waals surface area contributed by atoms with Gasteiger partial charge in [0.1, 0.15) is 18.0 Å². The number of anilines is 2. The molecule has 0 radical (unpaired) electrons. The number of para-hydroxylation sites is 1. The molecule has 0 spiro atoms. The summed E-state index contributed by atoms with van der Waals surface area (Å²) in [6.07, 6.45) is 5.44. The molecule has 0 bridgehead atoms. The van der Waals surface area contributed by atoms with Crippen LogP contribution in [0.25, 0.3) is 10.2 Å². The van der Waals surface area contributed by atoms with Gasteiger partial charge in [0.05, 0.1) is 37.0 Å². The summed E-state index contributed by atoms with van der Waals surface area (Å²) in [5.41, 5.74) is 10.4. The van der Waals surface area contributed by atoms with Crippen molar-refractivity contribution in [1.82, 2.24) is 30.1 Å². The molecule has 0 unspecified atom stereocenters. The Labute approximate surface area is 283 Å². The number of thiazole rings is 1. The molecule has 3 N–H and O–H groups in total. The second-order valence-corrected chi connectivity index (χ2v) is 13.0. The largest absolute Gasteiger partial charge is 0.497 e. The van der Waals surface area contributed by atoms with Gasteiger partial charge in [-0.1, -0.05) is 53.7 Å². The van der Waals surface area contributed by atoms with Crippen molar-refractivity contribution in [3.05, 3.63) is 83.4 Å². The Morgan fingerprint density at radius 3 is 2.52 bits per heavy atom. The smallest absolute Gasteiger partial charge is 0.333 e. The lowest BCUT2D eigenvalue weighted by Gasteiger charge is -2.46. The fraction of sp³-hybridized carbons (Fsp3) is 0.314. The van der Waals surface area contributed by atoms with Crippen molar-refractivity contribution in [2.45, 2.75) is 31.7 Å². The van der Waals surface area contributed by atoms with Gasteiger partial charge < -0.3 is 30.5 Å². The van der Waals surface area contributed by atoms with Gasteiger partial charge in [0, 0.05) is 39.3 Å². The molecule has 13 heteroatoms. The van der Waals surface area contributed by atoms with Crippen molar-refractivity contribution >= 4 is 50.2 Å². The molecule has 48 heavy (non-hydrogen) atoms. The number of methoxy groups -OCH3 is 1. The minimum atomic E-state index is -0.791. The molecule has 4 aromatic rings. The molecule has 4 amide bonds. The molecule has 1 aromatic heterocycles. The molecule has 0 aliphatic carbocycles. The minimum absolute atomic E-state index is 0.0614. The number of ether oxygens (including phenoxy) is 1. The topological polar surface area (TPSA) is 128 Å². The fourth-order valence-corrected chi connectivity index (χ4v) is 7.06. The summed E-state index contributed by atoms with van der Waals surface area (Å²) in [6, 6.07) is 19.9. The van der Waals surface area contributed by atoms with Crippen LogP contribution in [0.5, 0.6) is 5.75 Å². The van der Waals surface area contributed by atoms with E-state index >= 15 is 0 Å². The van der Waals surface area contributed by atoms with Crippen LogP contribution in [0.2, 0.25) is 0 Å². The lowest BCUT2D eigenvalue weighted by atomic mass is 9.99. The van der Waals surface area contributed by atoms with Crippen LogP contribution in [0.4, 0.5) is 15.6 Å². The number of piperazine rings is 1. The molecule has 3 aromatic carbocycles. The van der Waals surface area contributed by atoms with E-state index in [1.165, 1.54) is 16.3 Å². The van der Waals surface area contributed by atoms with Crippen LogP contribution in [0, 0.1) is 12.3 Å². The Balaban J connectivity index is 1.30. The van der Waals surface area contributed by atoms with Crippen LogP contribution in [-0.2, 0) is 29.1 Å². The van der Waals surface area contributed by atoms with Crippen LogP contribution in [0.1, 0.15) is 16.7 Å². The molecular weight excluding hydrogens is 629 g/mol. The molecule has 3 heterocycles. The third-order valence-corrected chi connectivity index (χ3v) is 9.57. The van der Waals surface area contributed by atoms with Crippen molar-refractivity contribution in [2.75, 3.05) is 51.5 Å². The first-order valence-electron chi connectivity index (χ1n) is 15.5. The van der Waals surface area contributed by atoms with E-state index in [0.29, 0.717) is 17.3 Å². The van der Waals surface area contributed by atoms with E-state index in [4.69, 9.17) is 16.9 Å². The summed E-state index contributed by atoms with van der Waals surface area (Å²) >= 11 is 1.39. The van der Waals surface area contributed by atoms with Gasteiger partial charge in [-0.2, -0.15) is 5.01 Å². The van der Waals surface area contributed by atoms with Gasteiger partial charge in [0.2, 0.25) is 11.8 Å². The number of rotatable bonds is 10. The highest BCUT2D eigenvalue weighted by Crippen LogP contribution is 2.32. The molecule has 0 saturated carbocycles. The molecule has 2 fully saturated rings. The number of urea groups is 1. The van der Waals surface area contributed by atoms with Gasteiger partial charge in [-0.15, -0.1) is 6.42 Å². The Kier molecular flexibility index (Phi) is 9.38. The molecular formula is C35H38N8O4S. The summed E-state index contributed by atoms with van der Waals surface area (Å²) in [4.78, 5) is 51.7. The Hall–Kier alpha value is -5.32. The van der Waals surface area contributed by atoms with Gasteiger partial charge in [-0.25, -0.2) is 14.8 Å². The van der Waals surface area contributed by atoms with Gasteiger partial charge >= 0.3 is 6.03 Å². The highest BCUT2D eigenvalue weighted by atomic mass is 32.1. The van der Waals surface area contributed by atoms with Gasteiger partial charge in [0.15, 0.2) is 5.13 Å². The van der Waals surface area contributed by atoms with Crippen molar-refractivity contribution < 1.29 is 19.1 Å². The predicted molar refractivity (Wildman–Crippen MR) is 186 cm³/mol. The number of amides is 4. The zero-order valence-electron chi connectivity index (χ0n) is 27.1. The van der Waals surface area contributed by atoms with Crippen LogP contribution >= 0.6 is 11.3 Å². The van der Waals surface area contributed by atoms with Crippen molar-refractivity contribution in [3.8, 4) is 18.1 Å². The number of hydrogen-bond acceptors (Lipinski definition) is 9. The number of nitrogens with one attached hydrogen (secondary N) is 1. The number of hydrogen-bond donors (Lipinski definition) is 2. The number of nitrogen functional groups attached to an aromatic ring is 1. The highest BCUT2D eigenvalue weighted by Gasteiger charge is 2.52. The summed E-state index contributed by atoms with van der Waals surface area (Å²) in [7, 11) is 5.52. The quantitative estimate of drug-likeness (QED) is 0.247. The Bertz CT molecular complexity index is 1850. The number of terminal acetylenes is 1. The standard InChI is InChI=1S/C35H38N8O4S/c1-5-17-41(35(46)37-19-24-11-15-27(47-4)16-12-24)42-22-31(44)43-28(18-23-9-13-26(14-10-23)39(2)3)33(45)40(21-30(42)43)20-25-7-6-8-29-32(25)38-34(36)48-29/h1,6-16,28,30H,17-22H2,2-4H3,(H2,36,38)(H,37,46)/t28-,30+/m0/s1. The van der Waals surface area contributed by atoms with E-state index in [2.05, 4.69) is 16.2 Å². The summed E-state index contributed by atoms with van der Waals surface area (Å²) < 4.78 is 6.16. The first-order valence-corrected chi connectivity index (χ1v) is 16.4. The Morgan fingerprint density at radius 1 is 1.10 bits per heavy atom. The highest BCUT2D eigenvalue weighted by molar-refractivity contribution is 7.22. The SMILES string of the molecule is C#CCN(C(=O)NCc1ccc(OC)cc1)N1CC(=O)N2[C@@H](Cc3ccc(N(C)C)cc3)C(=O)N(Cc3cccc4sc(N)nc34)C[C@@H]21. The average molecular weight is 667 g/mol. The first kappa shape index (κ1) is 32.6. The molecule has 2 aliphatic rings. The van der Waals surface area contributed by atoms with E-state index in [9.17, 15) is 14.4 Å². The van der Waals surface area contributed by atoms with Crippen molar-refractivity contribution in [2.24, 2.45) is 0 Å². The zero-order chi connectivity index (χ0) is 33.9. The maximum absolute atomic E-state index is 14.3. The lowest BCUT2D eigenvalue weighted by molar-refractivity contribution is -0.157. The first-order chi connectivity index (χ1) is 23.2. The van der Waals surface area contributed by atoms with E-state index in [0.717, 1.165) is 32.6 Å². The van der Waals surface area contributed by atoms with Gasteiger partial charge in [-0.05, 0) is 47.0 Å². The molecule has 248 valence electrons. The van der Waals surface area contributed by atoms with Gasteiger partial charge in [-0.3, -0.25) is 9.59 Å². The summed E-state index contributed by atoms with van der Waals surface area (Å²) in [6.45, 7) is 0.521. The number of nitrogens with two attached hydrogens (primary N) is 1. The minimum Gasteiger partial charge on any atom is -0.497 e. The molecule has 2 atom stereocenters. The normalized spacial score (nSPS) is 17.7. The summed E-state index contributed by atoms with van der Waals surface area (Å²) in [5, 5.41) is 6.46. The van der Waals surface area contributed by atoms with Crippen LogP contribution in [0.15, 0.2) is 66.7 Å². The molecule has 2 saturated heterocycles. The molecule has 6 rings (SSSR count). The Morgan fingerprint density at radius 2 is 1.83 bits per heavy atom. The van der Waals surface area contributed by atoms with E-state index in [1.807, 2.05) is 85.7 Å². The maximum atomic E-state index is 14.3. The second-order valence-electron chi connectivity index (χ2n) is 12.0. The number of carbonyl (C=O) groups is 3. The lowest BCUT2D eigenvalue weighted by Crippen LogP contribution is -2.66. The third-order valence-electron chi connectivity index (χ3n) is 8.72. The fourth-order valence-electron chi connectivity index (χ4n) is 6.28. The third kappa shape index (κ3) is 6.58. The number of carbonyl (C=O) groups excluding carboxylic acids is 3. The molecule has 12 nitrogen and oxygen atoms in total. The number of aromatic nitrogens is 1. The maximum Gasteiger partial charge on any atom is 0.333 e. The number of nitrogens with zero attached hydrogens (tertiary/aromatic N) is 6. The van der Waals surface area contributed by atoms with E-state index in [-0.39, 0.29) is 44.5 Å². The predicted octanol–water partition coefficient (Wildman–Crippen LogP) is 3.14. The second kappa shape index (κ2) is 13.8. The average Bonchev–Trinajstić information content (AvgIpc) is 3.63.